The maximum atomic E-state index is 5.63. The summed E-state index contributed by atoms with van der Waals surface area (Å²) in [5, 5.41) is 6.98. The van der Waals surface area contributed by atoms with E-state index in [-0.39, 0.29) is 24.0 Å². The second-order valence-electron chi connectivity index (χ2n) is 8.38. The van der Waals surface area contributed by atoms with Crippen LogP contribution >= 0.6 is 24.0 Å². The summed E-state index contributed by atoms with van der Waals surface area (Å²) in [5.41, 5.74) is 0.347. The largest absolute Gasteiger partial charge is 0.379 e. The maximum Gasteiger partial charge on any atom is 0.191 e. The van der Waals surface area contributed by atoms with Crippen molar-refractivity contribution in [1.82, 2.24) is 15.5 Å². The number of hydrogen-bond donors (Lipinski definition) is 2. The highest BCUT2D eigenvalue weighted by Gasteiger charge is 2.34. The number of hydrogen-bond acceptors (Lipinski definition) is 5. The van der Waals surface area contributed by atoms with Crippen LogP contribution in [0.1, 0.15) is 51.9 Å². The van der Waals surface area contributed by atoms with Crippen molar-refractivity contribution in [1.29, 1.82) is 0 Å². The van der Waals surface area contributed by atoms with E-state index in [0.29, 0.717) is 25.2 Å². The third-order valence-electron chi connectivity index (χ3n) is 5.98. The van der Waals surface area contributed by atoms with Crippen molar-refractivity contribution in [3.05, 3.63) is 0 Å². The predicted molar refractivity (Wildman–Crippen MR) is 134 cm³/mol. The molecule has 178 valence electrons. The van der Waals surface area contributed by atoms with Gasteiger partial charge in [-0.05, 0) is 19.3 Å². The SMILES string of the molecule is CCCCOCCOCCNC(=NC)NCC1(CN2CCOCC2)CCCCC1.I. The lowest BCUT2D eigenvalue weighted by Gasteiger charge is -2.42. The Labute approximate surface area is 201 Å². The quantitative estimate of drug-likeness (QED) is 0.162. The molecule has 0 unspecified atom stereocenters. The van der Waals surface area contributed by atoms with Crippen LogP contribution in [0, 0.1) is 5.41 Å². The number of aliphatic imine (C=N–C) groups is 1. The lowest BCUT2D eigenvalue weighted by Crippen LogP contribution is -2.51. The summed E-state index contributed by atoms with van der Waals surface area (Å²) >= 11 is 0. The first-order valence-corrected chi connectivity index (χ1v) is 11.7. The van der Waals surface area contributed by atoms with E-state index in [1.54, 1.807) is 0 Å². The topological polar surface area (TPSA) is 67.4 Å². The number of ether oxygens (including phenoxy) is 3. The van der Waals surface area contributed by atoms with E-state index in [1.165, 1.54) is 45.1 Å². The van der Waals surface area contributed by atoms with Crippen molar-refractivity contribution in [2.75, 3.05) is 79.4 Å². The van der Waals surface area contributed by atoms with Crippen LogP contribution in [0.5, 0.6) is 0 Å². The highest BCUT2D eigenvalue weighted by Crippen LogP contribution is 2.36. The van der Waals surface area contributed by atoms with Gasteiger partial charge in [-0.2, -0.15) is 0 Å². The third kappa shape index (κ3) is 11.5. The summed E-state index contributed by atoms with van der Waals surface area (Å²) in [6, 6.07) is 0. The molecule has 0 amide bonds. The van der Waals surface area contributed by atoms with Gasteiger partial charge >= 0.3 is 0 Å². The monoisotopic (exact) mass is 540 g/mol. The Balaban J connectivity index is 0.00000450. The lowest BCUT2D eigenvalue weighted by molar-refractivity contribution is 0.00819. The van der Waals surface area contributed by atoms with E-state index in [9.17, 15) is 0 Å². The molecule has 0 radical (unpaired) electrons. The first-order chi connectivity index (χ1) is 14.3. The Bertz CT molecular complexity index is 442. The number of halogens is 1. The van der Waals surface area contributed by atoms with Gasteiger partial charge in [-0.3, -0.25) is 9.89 Å². The zero-order chi connectivity index (χ0) is 20.6. The zero-order valence-electron chi connectivity index (χ0n) is 19.3. The minimum absolute atomic E-state index is 0. The fourth-order valence-electron chi connectivity index (χ4n) is 4.23. The van der Waals surface area contributed by atoms with Crippen LogP contribution < -0.4 is 10.6 Å². The molecule has 0 aromatic heterocycles. The molecule has 2 fully saturated rings. The van der Waals surface area contributed by atoms with Crippen molar-refractivity contribution in [2.45, 2.75) is 51.9 Å². The first kappa shape index (κ1) is 27.9. The Morgan fingerprint density at radius 2 is 1.70 bits per heavy atom. The average Bonchev–Trinajstić information content (AvgIpc) is 2.76. The van der Waals surface area contributed by atoms with Gasteiger partial charge in [-0.25, -0.2) is 0 Å². The first-order valence-electron chi connectivity index (χ1n) is 11.7. The van der Waals surface area contributed by atoms with E-state index in [1.807, 2.05) is 7.05 Å². The van der Waals surface area contributed by atoms with Crippen molar-refractivity contribution in [2.24, 2.45) is 10.4 Å². The van der Waals surface area contributed by atoms with Gasteiger partial charge < -0.3 is 24.8 Å². The van der Waals surface area contributed by atoms with Gasteiger partial charge in [0, 0.05) is 51.8 Å². The van der Waals surface area contributed by atoms with Crippen LogP contribution in [0.25, 0.3) is 0 Å². The van der Waals surface area contributed by atoms with Crippen molar-refractivity contribution in [3.63, 3.8) is 0 Å². The molecule has 1 saturated heterocycles. The number of morpholine rings is 1. The van der Waals surface area contributed by atoms with Crippen molar-refractivity contribution in [3.8, 4) is 0 Å². The number of nitrogens with zero attached hydrogens (tertiary/aromatic N) is 2. The molecule has 1 saturated carbocycles. The van der Waals surface area contributed by atoms with E-state index in [2.05, 4.69) is 27.4 Å². The number of unbranched alkanes of at least 4 members (excludes halogenated alkanes) is 1. The number of guanidine groups is 1. The van der Waals surface area contributed by atoms with Crippen LogP contribution in [0.15, 0.2) is 4.99 Å². The van der Waals surface area contributed by atoms with Crippen molar-refractivity contribution >= 4 is 29.9 Å². The third-order valence-corrected chi connectivity index (χ3v) is 5.98. The Morgan fingerprint density at radius 1 is 1.00 bits per heavy atom. The summed E-state index contributed by atoms with van der Waals surface area (Å²) in [5.74, 6) is 0.875. The summed E-state index contributed by atoms with van der Waals surface area (Å²) in [7, 11) is 1.84. The molecule has 0 aromatic carbocycles. The van der Waals surface area contributed by atoms with Crippen LogP contribution in [-0.2, 0) is 14.2 Å². The number of nitrogens with one attached hydrogen (secondary N) is 2. The molecule has 2 N–H and O–H groups in total. The normalized spacial score (nSPS) is 19.9. The van der Waals surface area contributed by atoms with Gasteiger partial charge in [-0.1, -0.05) is 32.6 Å². The molecule has 0 spiro atoms. The zero-order valence-corrected chi connectivity index (χ0v) is 21.6. The molecule has 2 rings (SSSR count). The van der Waals surface area contributed by atoms with Crippen LogP contribution in [0.3, 0.4) is 0 Å². The number of rotatable bonds is 13. The molecule has 2 aliphatic rings. The van der Waals surface area contributed by atoms with E-state index in [4.69, 9.17) is 14.2 Å². The van der Waals surface area contributed by atoms with Gasteiger partial charge in [0.15, 0.2) is 5.96 Å². The van der Waals surface area contributed by atoms with Gasteiger partial charge in [0.05, 0.1) is 33.0 Å². The molecule has 7 nitrogen and oxygen atoms in total. The summed E-state index contributed by atoms with van der Waals surface area (Å²) in [6.45, 7) is 11.8. The highest BCUT2D eigenvalue weighted by molar-refractivity contribution is 14.0. The smallest absolute Gasteiger partial charge is 0.191 e. The summed E-state index contributed by atoms with van der Waals surface area (Å²) in [4.78, 5) is 6.99. The molecule has 30 heavy (non-hydrogen) atoms. The minimum atomic E-state index is 0. The second-order valence-corrected chi connectivity index (χ2v) is 8.38. The van der Waals surface area contributed by atoms with E-state index in [0.717, 1.165) is 58.4 Å². The lowest BCUT2D eigenvalue weighted by atomic mass is 9.73. The average molecular weight is 541 g/mol. The van der Waals surface area contributed by atoms with Gasteiger partial charge in [0.2, 0.25) is 0 Å². The molecule has 1 heterocycles. The van der Waals surface area contributed by atoms with Crippen LogP contribution in [-0.4, -0.2) is 90.3 Å². The molecule has 8 heteroatoms. The predicted octanol–water partition coefficient (Wildman–Crippen LogP) is 2.89. The highest BCUT2D eigenvalue weighted by atomic mass is 127. The standard InChI is InChI=1S/C22H44N4O3.HI/c1-3-4-13-27-17-18-28-14-10-24-21(23-2)25-19-22(8-6-5-7-9-22)20-26-11-15-29-16-12-26;/h3-20H2,1-2H3,(H2,23,24,25);1H. The minimum Gasteiger partial charge on any atom is -0.379 e. The molecule has 0 atom stereocenters. The maximum absolute atomic E-state index is 5.63. The van der Waals surface area contributed by atoms with Gasteiger partial charge in [0.25, 0.3) is 0 Å². The molecular formula is C22H45IN4O3. The van der Waals surface area contributed by atoms with E-state index >= 15 is 0 Å². The molecule has 0 aromatic rings. The Morgan fingerprint density at radius 3 is 2.37 bits per heavy atom. The molecule has 1 aliphatic heterocycles. The van der Waals surface area contributed by atoms with E-state index < -0.39 is 0 Å². The van der Waals surface area contributed by atoms with Gasteiger partial charge in [-0.15, -0.1) is 24.0 Å². The second kappa shape index (κ2) is 17.4. The van der Waals surface area contributed by atoms with Crippen molar-refractivity contribution < 1.29 is 14.2 Å². The fraction of sp³-hybridized carbons (Fsp3) is 0.955. The molecular weight excluding hydrogens is 495 g/mol. The Hall–Kier alpha value is -0.160. The summed E-state index contributed by atoms with van der Waals surface area (Å²) < 4.78 is 16.7. The van der Waals surface area contributed by atoms with Crippen LogP contribution in [0.4, 0.5) is 0 Å². The van der Waals surface area contributed by atoms with Gasteiger partial charge in [0.1, 0.15) is 0 Å². The Kier molecular flexibility index (Phi) is 16.2. The molecule has 0 bridgehead atoms. The summed E-state index contributed by atoms with van der Waals surface area (Å²) in [6.07, 6.45) is 8.95. The van der Waals surface area contributed by atoms with Crippen LogP contribution in [0.2, 0.25) is 0 Å². The fourth-order valence-corrected chi connectivity index (χ4v) is 4.23. The molecule has 1 aliphatic carbocycles.